The fourth-order valence-electron chi connectivity index (χ4n) is 2.25. The first-order valence-corrected chi connectivity index (χ1v) is 7.64. The van der Waals surface area contributed by atoms with Crippen LogP contribution in [-0.4, -0.2) is 26.8 Å². The highest BCUT2D eigenvalue weighted by Crippen LogP contribution is 2.11. The number of nitrogens with one attached hydrogen (secondary N) is 1. The van der Waals surface area contributed by atoms with Crippen molar-refractivity contribution in [3.05, 3.63) is 5.82 Å². The van der Waals surface area contributed by atoms with Gasteiger partial charge in [0, 0.05) is 6.54 Å². The molecule has 110 valence electrons. The van der Waals surface area contributed by atoms with Crippen LogP contribution in [-0.2, 0) is 6.54 Å². The molecule has 0 spiro atoms. The number of nitrogens with zero attached hydrogens (tertiary/aromatic N) is 4. The Morgan fingerprint density at radius 3 is 2.53 bits per heavy atom. The van der Waals surface area contributed by atoms with Crippen LogP contribution in [0.25, 0.3) is 0 Å². The van der Waals surface area contributed by atoms with Gasteiger partial charge < -0.3 is 5.32 Å². The molecule has 0 aliphatic carbocycles. The van der Waals surface area contributed by atoms with E-state index in [0.29, 0.717) is 0 Å². The fourth-order valence-corrected chi connectivity index (χ4v) is 2.25. The van der Waals surface area contributed by atoms with Gasteiger partial charge in [-0.3, -0.25) is 0 Å². The van der Waals surface area contributed by atoms with E-state index in [4.69, 9.17) is 0 Å². The van der Waals surface area contributed by atoms with E-state index in [9.17, 15) is 0 Å². The maximum atomic E-state index is 4.11. The summed E-state index contributed by atoms with van der Waals surface area (Å²) in [7, 11) is 0. The molecule has 0 aliphatic heterocycles. The Labute approximate surface area is 117 Å². The summed E-state index contributed by atoms with van der Waals surface area (Å²) in [4.78, 5) is 0. The van der Waals surface area contributed by atoms with Crippen molar-refractivity contribution in [2.75, 3.05) is 6.54 Å². The van der Waals surface area contributed by atoms with Gasteiger partial charge in [-0.15, -0.1) is 5.10 Å². The van der Waals surface area contributed by atoms with E-state index in [-0.39, 0.29) is 6.04 Å². The van der Waals surface area contributed by atoms with E-state index in [0.717, 1.165) is 31.3 Å². The minimum atomic E-state index is 0.223. The molecule has 0 amide bonds. The highest BCUT2D eigenvalue weighted by molar-refractivity contribution is 4.89. The molecular formula is C14H29N5. The monoisotopic (exact) mass is 267 g/mol. The smallest absolute Gasteiger partial charge is 0.167 e. The van der Waals surface area contributed by atoms with E-state index in [1.807, 2.05) is 4.68 Å². The van der Waals surface area contributed by atoms with Gasteiger partial charge in [0.1, 0.15) is 0 Å². The Hall–Kier alpha value is -0.970. The standard InChI is InChI=1S/C14H29N5/c1-5-15-13(4)14-16-17-18-19(14)11-9-7-6-8-10-12(2)3/h12-13,15H,5-11H2,1-4H3. The average Bonchev–Trinajstić information content (AvgIpc) is 2.82. The molecule has 1 aromatic rings. The quantitative estimate of drug-likeness (QED) is 0.662. The topological polar surface area (TPSA) is 55.6 Å². The third-order valence-corrected chi connectivity index (χ3v) is 3.36. The molecule has 0 aromatic carbocycles. The second-order valence-electron chi connectivity index (χ2n) is 5.64. The van der Waals surface area contributed by atoms with E-state index in [1.54, 1.807) is 0 Å². The van der Waals surface area contributed by atoms with Crippen molar-refractivity contribution >= 4 is 0 Å². The SMILES string of the molecule is CCNC(C)c1nnnn1CCCCCCC(C)C. The third-order valence-electron chi connectivity index (χ3n) is 3.36. The average molecular weight is 267 g/mol. The normalized spacial score (nSPS) is 13.1. The number of hydrogen-bond donors (Lipinski definition) is 1. The molecule has 0 radical (unpaired) electrons. The maximum Gasteiger partial charge on any atom is 0.167 e. The summed E-state index contributed by atoms with van der Waals surface area (Å²) < 4.78 is 1.94. The summed E-state index contributed by atoms with van der Waals surface area (Å²) in [6.07, 6.45) is 6.43. The van der Waals surface area contributed by atoms with Crippen molar-refractivity contribution in [3.63, 3.8) is 0 Å². The van der Waals surface area contributed by atoms with Crippen LogP contribution in [0.3, 0.4) is 0 Å². The Bertz CT molecular complexity index is 334. The van der Waals surface area contributed by atoms with Gasteiger partial charge in [-0.1, -0.05) is 46.5 Å². The van der Waals surface area contributed by atoms with E-state index in [1.165, 1.54) is 25.7 Å². The third kappa shape index (κ3) is 6.14. The van der Waals surface area contributed by atoms with Crippen molar-refractivity contribution < 1.29 is 0 Å². The van der Waals surface area contributed by atoms with E-state index in [2.05, 4.69) is 48.5 Å². The number of aryl methyl sites for hydroxylation is 1. The minimum Gasteiger partial charge on any atom is -0.308 e. The molecule has 5 heteroatoms. The van der Waals surface area contributed by atoms with Gasteiger partial charge in [0.2, 0.25) is 0 Å². The van der Waals surface area contributed by atoms with Crippen LogP contribution in [0, 0.1) is 5.92 Å². The molecule has 1 atom stereocenters. The van der Waals surface area contributed by atoms with E-state index >= 15 is 0 Å². The number of aromatic nitrogens is 4. The number of hydrogen-bond acceptors (Lipinski definition) is 4. The Morgan fingerprint density at radius 1 is 1.11 bits per heavy atom. The van der Waals surface area contributed by atoms with Crippen LogP contribution in [0.1, 0.15) is 71.7 Å². The van der Waals surface area contributed by atoms with Gasteiger partial charge in [0.15, 0.2) is 5.82 Å². The first-order valence-electron chi connectivity index (χ1n) is 7.64. The minimum absolute atomic E-state index is 0.223. The van der Waals surface area contributed by atoms with Gasteiger partial charge in [0.05, 0.1) is 6.04 Å². The number of rotatable bonds is 10. The molecular weight excluding hydrogens is 238 g/mol. The lowest BCUT2D eigenvalue weighted by molar-refractivity contribution is 0.460. The Kier molecular flexibility index (Phi) is 7.63. The summed E-state index contributed by atoms with van der Waals surface area (Å²) in [5.41, 5.74) is 0. The summed E-state index contributed by atoms with van der Waals surface area (Å²) in [5, 5.41) is 15.3. The highest BCUT2D eigenvalue weighted by Gasteiger charge is 2.12. The molecule has 0 saturated carbocycles. The summed E-state index contributed by atoms with van der Waals surface area (Å²) in [6.45, 7) is 10.6. The molecule has 1 rings (SSSR count). The highest BCUT2D eigenvalue weighted by atomic mass is 15.5. The van der Waals surface area contributed by atoms with Gasteiger partial charge in [-0.2, -0.15) is 0 Å². The van der Waals surface area contributed by atoms with Crippen LogP contribution in [0.15, 0.2) is 0 Å². The second kappa shape index (κ2) is 9.02. The summed E-state index contributed by atoms with van der Waals surface area (Å²) in [6, 6.07) is 0.223. The molecule has 1 heterocycles. The van der Waals surface area contributed by atoms with Crippen LogP contribution >= 0.6 is 0 Å². The first-order chi connectivity index (χ1) is 9.15. The second-order valence-corrected chi connectivity index (χ2v) is 5.64. The fraction of sp³-hybridized carbons (Fsp3) is 0.929. The zero-order valence-corrected chi connectivity index (χ0v) is 12.9. The summed E-state index contributed by atoms with van der Waals surface area (Å²) >= 11 is 0. The molecule has 1 N–H and O–H groups in total. The lowest BCUT2D eigenvalue weighted by Gasteiger charge is -2.12. The van der Waals surface area contributed by atoms with Crippen LogP contribution in [0.5, 0.6) is 0 Å². The van der Waals surface area contributed by atoms with Gasteiger partial charge >= 0.3 is 0 Å². The molecule has 0 saturated heterocycles. The number of unbranched alkanes of at least 4 members (excludes halogenated alkanes) is 3. The molecule has 1 unspecified atom stereocenters. The summed E-state index contributed by atoms with van der Waals surface area (Å²) in [5.74, 6) is 1.77. The van der Waals surface area contributed by atoms with Crippen molar-refractivity contribution in [2.24, 2.45) is 5.92 Å². The van der Waals surface area contributed by atoms with Gasteiger partial charge in [-0.05, 0) is 36.2 Å². The molecule has 5 nitrogen and oxygen atoms in total. The van der Waals surface area contributed by atoms with Gasteiger partial charge in [-0.25, -0.2) is 4.68 Å². The van der Waals surface area contributed by atoms with Crippen LogP contribution in [0.2, 0.25) is 0 Å². The lowest BCUT2D eigenvalue weighted by Crippen LogP contribution is -2.22. The van der Waals surface area contributed by atoms with Crippen LogP contribution in [0.4, 0.5) is 0 Å². The Morgan fingerprint density at radius 2 is 1.84 bits per heavy atom. The van der Waals surface area contributed by atoms with E-state index < -0.39 is 0 Å². The van der Waals surface area contributed by atoms with Crippen molar-refractivity contribution in [2.45, 2.75) is 72.4 Å². The molecule has 0 bridgehead atoms. The van der Waals surface area contributed by atoms with Crippen molar-refractivity contribution in [3.8, 4) is 0 Å². The maximum absolute atomic E-state index is 4.11. The Balaban J connectivity index is 2.24. The van der Waals surface area contributed by atoms with Crippen molar-refractivity contribution in [1.82, 2.24) is 25.5 Å². The molecule has 0 aliphatic rings. The predicted octanol–water partition coefficient (Wildman–Crippen LogP) is 2.95. The predicted molar refractivity (Wildman–Crippen MR) is 77.8 cm³/mol. The zero-order valence-electron chi connectivity index (χ0n) is 12.9. The zero-order chi connectivity index (χ0) is 14.1. The van der Waals surface area contributed by atoms with Crippen molar-refractivity contribution in [1.29, 1.82) is 0 Å². The van der Waals surface area contributed by atoms with Crippen LogP contribution < -0.4 is 5.32 Å². The lowest BCUT2D eigenvalue weighted by atomic mass is 10.0. The first kappa shape index (κ1) is 16.1. The molecule has 19 heavy (non-hydrogen) atoms. The molecule has 0 fully saturated rings. The number of tetrazole rings is 1. The van der Waals surface area contributed by atoms with Gasteiger partial charge in [0.25, 0.3) is 0 Å². The molecule has 1 aromatic heterocycles. The largest absolute Gasteiger partial charge is 0.308 e.